The van der Waals surface area contributed by atoms with Crippen LogP contribution in [0, 0.1) is 11.3 Å². The molecule has 0 saturated heterocycles. The second-order valence-corrected chi connectivity index (χ2v) is 2.89. The van der Waals surface area contributed by atoms with Crippen LogP contribution in [0.1, 0.15) is 5.56 Å². The monoisotopic (exact) mass is 187 g/mol. The smallest absolute Gasteiger partial charge is 0.150 e. The van der Waals surface area contributed by atoms with Gasteiger partial charge < -0.3 is 9.72 Å². The first-order valence-electron chi connectivity index (χ1n) is 4.22. The minimum atomic E-state index is 0.339. The van der Waals surface area contributed by atoms with E-state index >= 15 is 0 Å². The lowest BCUT2D eigenvalue weighted by molar-refractivity contribution is 0.415. The number of nitrogens with one attached hydrogen (secondary N) is 1. The third-order valence-electron chi connectivity index (χ3n) is 2.10. The molecule has 1 heterocycles. The summed E-state index contributed by atoms with van der Waals surface area (Å²) < 4.78 is 5.24. The number of fused-ring (bicyclic) bond motifs is 1. The molecule has 4 heteroatoms. The summed E-state index contributed by atoms with van der Waals surface area (Å²) in [5.74, 6) is 0.685. The summed E-state index contributed by atoms with van der Waals surface area (Å²) >= 11 is 0. The van der Waals surface area contributed by atoms with Gasteiger partial charge in [0.05, 0.1) is 31.4 Å². The zero-order chi connectivity index (χ0) is 9.97. The zero-order valence-corrected chi connectivity index (χ0v) is 7.74. The number of methoxy groups -OCH3 is 1. The van der Waals surface area contributed by atoms with Gasteiger partial charge in [-0.3, -0.25) is 0 Å². The van der Waals surface area contributed by atoms with Crippen LogP contribution >= 0.6 is 0 Å². The number of rotatable bonds is 2. The Hall–Kier alpha value is -2.02. The number of H-pyrrole nitrogens is 1. The number of aromatic nitrogens is 2. The molecule has 2 rings (SSSR count). The first-order chi connectivity index (χ1) is 6.86. The van der Waals surface area contributed by atoms with Crippen LogP contribution < -0.4 is 4.74 Å². The van der Waals surface area contributed by atoms with Crippen molar-refractivity contribution in [2.75, 3.05) is 7.11 Å². The minimum absolute atomic E-state index is 0.339. The van der Waals surface area contributed by atoms with Crippen molar-refractivity contribution in [3.63, 3.8) is 0 Å². The summed E-state index contributed by atoms with van der Waals surface area (Å²) in [6.45, 7) is 0. The molecule has 4 nitrogen and oxygen atoms in total. The van der Waals surface area contributed by atoms with Crippen molar-refractivity contribution < 1.29 is 4.74 Å². The van der Waals surface area contributed by atoms with E-state index in [1.807, 2.05) is 12.1 Å². The highest BCUT2D eigenvalue weighted by atomic mass is 16.5. The maximum Gasteiger partial charge on any atom is 0.150 e. The molecule has 1 N–H and O–H groups in total. The molecule has 14 heavy (non-hydrogen) atoms. The van der Waals surface area contributed by atoms with Crippen molar-refractivity contribution in [2.24, 2.45) is 0 Å². The number of aromatic amines is 1. The van der Waals surface area contributed by atoms with Gasteiger partial charge in [-0.15, -0.1) is 0 Å². The fourth-order valence-corrected chi connectivity index (χ4v) is 1.48. The Kier molecular flexibility index (Phi) is 2.07. The summed E-state index contributed by atoms with van der Waals surface area (Å²) in [6.07, 6.45) is 1.95. The predicted molar refractivity (Wildman–Crippen MR) is 52.0 cm³/mol. The highest BCUT2D eigenvalue weighted by Gasteiger charge is 2.09. The van der Waals surface area contributed by atoms with Gasteiger partial charge in [0, 0.05) is 5.56 Å². The van der Waals surface area contributed by atoms with E-state index in [9.17, 15) is 0 Å². The second-order valence-electron chi connectivity index (χ2n) is 2.89. The van der Waals surface area contributed by atoms with Crippen LogP contribution in [0.4, 0.5) is 0 Å². The molecule has 0 amide bonds. The molecule has 0 unspecified atom stereocenters. The third kappa shape index (κ3) is 1.19. The Bertz CT molecular complexity index is 496. The Balaban J connectivity index is 2.67. The van der Waals surface area contributed by atoms with E-state index in [1.54, 1.807) is 13.4 Å². The summed E-state index contributed by atoms with van der Waals surface area (Å²) in [4.78, 5) is 7.13. The summed E-state index contributed by atoms with van der Waals surface area (Å²) in [5, 5.41) is 8.63. The number of nitrogens with zero attached hydrogens (tertiary/aromatic N) is 2. The van der Waals surface area contributed by atoms with Crippen LogP contribution in [0.2, 0.25) is 0 Å². The summed E-state index contributed by atoms with van der Waals surface area (Å²) in [5.41, 5.74) is 2.57. The molecule has 0 aliphatic carbocycles. The van der Waals surface area contributed by atoms with Crippen LogP contribution in [-0.4, -0.2) is 17.1 Å². The molecule has 0 atom stereocenters. The minimum Gasteiger partial charge on any atom is -0.494 e. The lowest BCUT2D eigenvalue weighted by atomic mass is 10.1. The van der Waals surface area contributed by atoms with Crippen molar-refractivity contribution in [3.05, 3.63) is 24.0 Å². The first kappa shape index (κ1) is 8.57. The highest BCUT2D eigenvalue weighted by Crippen LogP contribution is 2.27. The molecule has 0 saturated carbocycles. The molecule has 0 bridgehead atoms. The normalized spacial score (nSPS) is 10.0. The van der Waals surface area contributed by atoms with Crippen molar-refractivity contribution >= 4 is 11.0 Å². The Morgan fingerprint density at radius 1 is 1.57 bits per heavy atom. The molecule has 0 radical (unpaired) electrons. The largest absolute Gasteiger partial charge is 0.494 e. The number of ether oxygens (including phenoxy) is 1. The van der Waals surface area contributed by atoms with Gasteiger partial charge in [-0.1, -0.05) is 6.07 Å². The van der Waals surface area contributed by atoms with E-state index < -0.39 is 0 Å². The van der Waals surface area contributed by atoms with Gasteiger partial charge in [-0.25, -0.2) is 4.98 Å². The van der Waals surface area contributed by atoms with E-state index in [-0.39, 0.29) is 0 Å². The van der Waals surface area contributed by atoms with E-state index in [4.69, 9.17) is 10.00 Å². The van der Waals surface area contributed by atoms with Crippen LogP contribution in [0.3, 0.4) is 0 Å². The fourth-order valence-electron chi connectivity index (χ4n) is 1.48. The van der Waals surface area contributed by atoms with Gasteiger partial charge in [0.2, 0.25) is 0 Å². The Morgan fingerprint density at radius 2 is 2.43 bits per heavy atom. The third-order valence-corrected chi connectivity index (χ3v) is 2.10. The van der Waals surface area contributed by atoms with Crippen molar-refractivity contribution in [1.29, 1.82) is 5.26 Å². The fraction of sp³-hybridized carbons (Fsp3) is 0.200. The zero-order valence-electron chi connectivity index (χ0n) is 7.74. The van der Waals surface area contributed by atoms with Crippen LogP contribution in [-0.2, 0) is 6.42 Å². The van der Waals surface area contributed by atoms with E-state index in [1.165, 1.54) is 0 Å². The van der Waals surface area contributed by atoms with Crippen molar-refractivity contribution in [3.8, 4) is 11.8 Å². The summed E-state index contributed by atoms with van der Waals surface area (Å²) in [6, 6.07) is 5.88. The lowest BCUT2D eigenvalue weighted by Gasteiger charge is -2.05. The molecule has 70 valence electrons. The topological polar surface area (TPSA) is 61.7 Å². The van der Waals surface area contributed by atoms with Crippen molar-refractivity contribution in [2.45, 2.75) is 6.42 Å². The molecule has 1 aromatic carbocycles. The molecule has 0 fully saturated rings. The molecule has 2 aromatic rings. The quantitative estimate of drug-likeness (QED) is 0.777. The number of nitriles is 1. The molecule has 0 aliphatic rings. The molecule has 1 aromatic heterocycles. The van der Waals surface area contributed by atoms with Gasteiger partial charge in [-0.05, 0) is 6.07 Å². The maximum atomic E-state index is 8.63. The summed E-state index contributed by atoms with van der Waals surface area (Å²) in [7, 11) is 1.59. The number of benzene rings is 1. The van der Waals surface area contributed by atoms with Gasteiger partial charge in [0.25, 0.3) is 0 Å². The van der Waals surface area contributed by atoms with Gasteiger partial charge in [-0.2, -0.15) is 5.26 Å². The molecule has 0 aliphatic heterocycles. The van der Waals surface area contributed by atoms with Gasteiger partial charge >= 0.3 is 0 Å². The second kappa shape index (κ2) is 3.38. The Labute approximate surface area is 81.1 Å². The van der Waals surface area contributed by atoms with Gasteiger partial charge in [0.15, 0.2) is 5.75 Å². The molecular formula is C10H9N3O. The SMILES string of the molecule is COc1c(CC#N)ccc2[nH]cnc12. The number of hydrogen-bond acceptors (Lipinski definition) is 3. The lowest BCUT2D eigenvalue weighted by Crippen LogP contribution is -1.92. The predicted octanol–water partition coefficient (Wildman–Crippen LogP) is 1.64. The molecular weight excluding hydrogens is 178 g/mol. The van der Waals surface area contributed by atoms with Crippen LogP contribution in [0.15, 0.2) is 18.5 Å². The van der Waals surface area contributed by atoms with Crippen LogP contribution in [0.5, 0.6) is 5.75 Å². The maximum absolute atomic E-state index is 8.63. The number of hydrogen-bond donors (Lipinski definition) is 1. The van der Waals surface area contributed by atoms with Gasteiger partial charge in [0.1, 0.15) is 5.52 Å². The number of imidazole rings is 1. The Morgan fingerprint density at radius 3 is 3.14 bits per heavy atom. The molecule has 0 spiro atoms. The standard InChI is InChI=1S/C10H9N3O/c1-14-10-7(4-5-11)2-3-8-9(10)13-6-12-8/h2-3,6H,4H2,1H3,(H,12,13). The first-order valence-corrected chi connectivity index (χ1v) is 4.22. The van der Waals surface area contributed by atoms with E-state index in [0.717, 1.165) is 16.6 Å². The van der Waals surface area contributed by atoms with E-state index in [2.05, 4.69) is 16.0 Å². The van der Waals surface area contributed by atoms with E-state index in [0.29, 0.717) is 12.2 Å². The average Bonchev–Trinajstić information content (AvgIpc) is 2.66. The highest BCUT2D eigenvalue weighted by molar-refractivity contribution is 5.82. The van der Waals surface area contributed by atoms with Crippen LogP contribution in [0.25, 0.3) is 11.0 Å². The van der Waals surface area contributed by atoms with Crippen molar-refractivity contribution in [1.82, 2.24) is 9.97 Å². The average molecular weight is 187 g/mol.